The zero-order chi connectivity index (χ0) is 17.9. The highest BCUT2D eigenvalue weighted by molar-refractivity contribution is 6.30. The van der Waals surface area contributed by atoms with Crippen LogP contribution in [0.3, 0.4) is 0 Å². The summed E-state index contributed by atoms with van der Waals surface area (Å²) in [5, 5.41) is 8.27. The van der Waals surface area contributed by atoms with Gasteiger partial charge >= 0.3 is 0 Å². The Balaban J connectivity index is 1.68. The minimum Gasteiger partial charge on any atom is -0.467 e. The fourth-order valence-electron chi connectivity index (χ4n) is 2.74. The molecule has 0 fully saturated rings. The molecule has 0 bridgehead atoms. The second kappa shape index (κ2) is 7.06. The summed E-state index contributed by atoms with van der Waals surface area (Å²) < 4.78 is 5.39. The highest BCUT2D eigenvalue weighted by Gasteiger charge is 2.09. The third kappa shape index (κ3) is 3.48. The molecule has 0 radical (unpaired) electrons. The van der Waals surface area contributed by atoms with Gasteiger partial charge in [-0.05, 0) is 55.0 Å². The zero-order valence-electron chi connectivity index (χ0n) is 14.2. The molecule has 2 aromatic carbocycles. The third-order valence-electron chi connectivity index (χ3n) is 4.05. The molecule has 0 aliphatic rings. The number of rotatable bonds is 5. The predicted molar refractivity (Wildman–Crippen MR) is 105 cm³/mol. The third-order valence-corrected chi connectivity index (χ3v) is 4.28. The summed E-state index contributed by atoms with van der Waals surface area (Å²) in [6.07, 6.45) is 1.66. The van der Waals surface area contributed by atoms with Crippen LogP contribution in [0.5, 0.6) is 0 Å². The first-order chi connectivity index (χ1) is 12.7. The monoisotopic (exact) mass is 364 g/mol. The predicted octanol–water partition coefficient (Wildman–Crippen LogP) is 5.54. The number of anilines is 3. The Morgan fingerprint density at radius 1 is 1.04 bits per heavy atom. The molecule has 0 amide bonds. The maximum atomic E-state index is 6.04. The van der Waals surface area contributed by atoms with Crippen molar-refractivity contribution in [1.82, 2.24) is 9.97 Å². The van der Waals surface area contributed by atoms with Crippen molar-refractivity contribution in [2.75, 3.05) is 10.6 Å². The first-order valence-electron chi connectivity index (χ1n) is 8.25. The van der Waals surface area contributed by atoms with Crippen molar-refractivity contribution >= 4 is 40.0 Å². The van der Waals surface area contributed by atoms with Crippen LogP contribution < -0.4 is 10.6 Å². The molecule has 130 valence electrons. The van der Waals surface area contributed by atoms with Crippen molar-refractivity contribution in [2.45, 2.75) is 13.5 Å². The smallest absolute Gasteiger partial charge is 0.229 e. The van der Waals surface area contributed by atoms with Crippen LogP contribution in [0.4, 0.5) is 17.5 Å². The molecule has 6 heteroatoms. The number of benzene rings is 2. The van der Waals surface area contributed by atoms with Crippen LogP contribution in [-0.2, 0) is 6.54 Å². The molecule has 0 atom stereocenters. The van der Waals surface area contributed by atoms with E-state index in [9.17, 15) is 0 Å². The zero-order valence-corrected chi connectivity index (χ0v) is 14.9. The van der Waals surface area contributed by atoms with Gasteiger partial charge < -0.3 is 15.1 Å². The van der Waals surface area contributed by atoms with Gasteiger partial charge in [0, 0.05) is 16.1 Å². The summed E-state index contributed by atoms with van der Waals surface area (Å²) in [5.41, 5.74) is 2.81. The van der Waals surface area contributed by atoms with Gasteiger partial charge in [0.05, 0.1) is 18.3 Å². The van der Waals surface area contributed by atoms with Gasteiger partial charge in [0.1, 0.15) is 11.6 Å². The van der Waals surface area contributed by atoms with Crippen molar-refractivity contribution in [1.29, 1.82) is 0 Å². The Labute approximate surface area is 156 Å². The second-order valence-corrected chi connectivity index (χ2v) is 6.37. The average molecular weight is 365 g/mol. The minimum atomic E-state index is 0.524. The number of aromatic nitrogens is 2. The number of nitrogens with one attached hydrogen (secondary N) is 2. The summed E-state index contributed by atoms with van der Waals surface area (Å²) in [5.74, 6) is 2.12. The van der Waals surface area contributed by atoms with Gasteiger partial charge in [0.2, 0.25) is 5.95 Å². The summed E-state index contributed by atoms with van der Waals surface area (Å²) in [4.78, 5) is 9.27. The van der Waals surface area contributed by atoms with E-state index >= 15 is 0 Å². The molecule has 2 heterocycles. The van der Waals surface area contributed by atoms with E-state index in [0.717, 1.165) is 33.7 Å². The Kier molecular flexibility index (Phi) is 4.46. The minimum absolute atomic E-state index is 0.524. The molecule has 0 saturated carbocycles. The van der Waals surface area contributed by atoms with E-state index in [2.05, 4.69) is 20.6 Å². The molecule has 2 aromatic heterocycles. The van der Waals surface area contributed by atoms with Crippen LogP contribution in [0.15, 0.2) is 65.3 Å². The molecule has 4 rings (SSSR count). The molecule has 0 aliphatic heterocycles. The van der Waals surface area contributed by atoms with Crippen molar-refractivity contribution in [3.63, 3.8) is 0 Å². The van der Waals surface area contributed by atoms with E-state index in [1.807, 2.05) is 61.5 Å². The molecule has 0 aliphatic carbocycles. The molecule has 2 N–H and O–H groups in total. The van der Waals surface area contributed by atoms with Crippen LogP contribution >= 0.6 is 11.6 Å². The van der Waals surface area contributed by atoms with E-state index in [4.69, 9.17) is 16.0 Å². The van der Waals surface area contributed by atoms with Crippen LogP contribution in [0.1, 0.15) is 11.3 Å². The van der Waals surface area contributed by atoms with E-state index < -0.39 is 0 Å². The Morgan fingerprint density at radius 3 is 2.73 bits per heavy atom. The molecular formula is C20H17ClN4O. The number of nitrogens with zero attached hydrogens (tertiary/aromatic N) is 2. The number of fused-ring (bicyclic) bond motifs is 1. The van der Waals surface area contributed by atoms with Gasteiger partial charge in [0.25, 0.3) is 0 Å². The lowest BCUT2D eigenvalue weighted by molar-refractivity contribution is 0.518. The number of hydrogen-bond acceptors (Lipinski definition) is 5. The van der Waals surface area contributed by atoms with Crippen molar-refractivity contribution in [3.05, 3.63) is 77.2 Å². The van der Waals surface area contributed by atoms with E-state index in [1.54, 1.807) is 6.26 Å². The summed E-state index contributed by atoms with van der Waals surface area (Å²) in [7, 11) is 0. The topological polar surface area (TPSA) is 63.0 Å². The molecular weight excluding hydrogens is 348 g/mol. The first-order valence-corrected chi connectivity index (χ1v) is 8.63. The van der Waals surface area contributed by atoms with Gasteiger partial charge in [-0.25, -0.2) is 4.98 Å². The van der Waals surface area contributed by atoms with Crippen LogP contribution in [0.2, 0.25) is 5.02 Å². The highest BCUT2D eigenvalue weighted by Crippen LogP contribution is 2.26. The Hall–Kier alpha value is -3.05. The lowest BCUT2D eigenvalue weighted by Crippen LogP contribution is -2.05. The molecule has 4 aromatic rings. The fraction of sp³-hybridized carbons (Fsp3) is 0.100. The van der Waals surface area contributed by atoms with Crippen LogP contribution in [0, 0.1) is 6.92 Å². The summed E-state index contributed by atoms with van der Waals surface area (Å²) >= 11 is 6.04. The first kappa shape index (κ1) is 16.4. The maximum Gasteiger partial charge on any atom is 0.229 e. The van der Waals surface area contributed by atoms with Gasteiger partial charge in [-0.2, -0.15) is 4.98 Å². The number of halogens is 1. The molecule has 0 saturated heterocycles. The maximum absolute atomic E-state index is 6.04. The molecule has 0 spiro atoms. The van der Waals surface area contributed by atoms with Gasteiger partial charge in [0.15, 0.2) is 0 Å². The van der Waals surface area contributed by atoms with Crippen molar-refractivity contribution in [3.8, 4) is 0 Å². The van der Waals surface area contributed by atoms with E-state index in [1.165, 1.54) is 0 Å². The lowest BCUT2D eigenvalue weighted by atomic mass is 10.2. The Morgan fingerprint density at radius 2 is 1.92 bits per heavy atom. The molecule has 26 heavy (non-hydrogen) atoms. The van der Waals surface area contributed by atoms with Crippen molar-refractivity contribution in [2.24, 2.45) is 0 Å². The van der Waals surface area contributed by atoms with Crippen LogP contribution in [-0.4, -0.2) is 9.97 Å². The number of furan rings is 1. The lowest BCUT2D eigenvalue weighted by Gasteiger charge is -2.12. The molecule has 0 unspecified atom stereocenters. The number of hydrogen-bond donors (Lipinski definition) is 2. The standard InChI is InChI=1S/C20H17ClN4O/c1-13-11-14(21)8-9-17(13)23-20-24-18-7-3-2-6-16(18)19(25-20)22-12-15-5-4-10-26-15/h2-11H,12H2,1H3,(H2,22,23,24,25). The second-order valence-electron chi connectivity index (χ2n) is 5.93. The van der Waals surface area contributed by atoms with Gasteiger partial charge in [-0.3, -0.25) is 0 Å². The normalized spacial score (nSPS) is 10.8. The van der Waals surface area contributed by atoms with Gasteiger partial charge in [-0.1, -0.05) is 23.7 Å². The summed E-state index contributed by atoms with van der Waals surface area (Å²) in [6.45, 7) is 2.54. The number of aryl methyl sites for hydroxylation is 1. The highest BCUT2D eigenvalue weighted by atomic mass is 35.5. The Bertz CT molecular complexity index is 1050. The van der Waals surface area contributed by atoms with E-state index in [-0.39, 0.29) is 0 Å². The molecule has 5 nitrogen and oxygen atoms in total. The van der Waals surface area contributed by atoms with Crippen LogP contribution in [0.25, 0.3) is 10.9 Å². The SMILES string of the molecule is Cc1cc(Cl)ccc1Nc1nc(NCc2ccco2)c2ccccc2n1. The number of para-hydroxylation sites is 1. The average Bonchev–Trinajstić information content (AvgIpc) is 3.16. The van der Waals surface area contributed by atoms with Crippen molar-refractivity contribution < 1.29 is 4.42 Å². The summed E-state index contributed by atoms with van der Waals surface area (Å²) in [6, 6.07) is 17.4. The van der Waals surface area contributed by atoms with Gasteiger partial charge in [-0.15, -0.1) is 0 Å². The largest absolute Gasteiger partial charge is 0.467 e. The van der Waals surface area contributed by atoms with E-state index in [0.29, 0.717) is 17.5 Å². The quantitative estimate of drug-likeness (QED) is 0.486. The fourth-order valence-corrected chi connectivity index (χ4v) is 2.97.